The van der Waals surface area contributed by atoms with Gasteiger partial charge in [-0.15, -0.1) is 24.0 Å². The zero-order chi connectivity index (χ0) is 17.9. The number of benzene rings is 2. The molecule has 0 unspecified atom stereocenters. The van der Waals surface area contributed by atoms with Crippen LogP contribution in [-0.2, 0) is 0 Å². The van der Waals surface area contributed by atoms with Crippen molar-refractivity contribution in [1.29, 1.82) is 10.7 Å². The second-order valence-electron chi connectivity index (χ2n) is 5.33. The van der Waals surface area contributed by atoms with E-state index in [2.05, 4.69) is 5.32 Å². The quantitative estimate of drug-likeness (QED) is 0.365. The Hall–Kier alpha value is -2.60. The van der Waals surface area contributed by atoms with Gasteiger partial charge in [-0.25, -0.2) is 0 Å². The molecule has 25 heavy (non-hydrogen) atoms. The Labute approximate surface area is 166 Å². The van der Waals surface area contributed by atoms with Gasteiger partial charge in [0.2, 0.25) is 0 Å². The predicted octanol–water partition coefficient (Wildman–Crippen LogP) is 4.21. The molecule has 0 fully saturated rings. The third-order valence-corrected chi connectivity index (χ3v) is 3.63. The number of aryl methyl sites for hydroxylation is 1. The molecule has 2 rings (SSSR count). The summed E-state index contributed by atoms with van der Waals surface area (Å²) in [6, 6.07) is 10.3. The number of anilines is 2. The number of amides is 1. The van der Waals surface area contributed by atoms with Crippen molar-refractivity contribution < 1.29 is 12.4 Å². The standard InChI is InChI=1S/C18H18N4O2.HI.2H2/c1-10-4-5-12(9-19)17(24-3)16(10)18(23)22-13-6-7-15(21)14(8-13)11(2)20;;;/h4-8,20H,21H2,1-3H3,(H,22,23);3*1H. The van der Waals surface area contributed by atoms with Crippen molar-refractivity contribution in [1.82, 2.24) is 0 Å². The Morgan fingerprint density at radius 3 is 2.60 bits per heavy atom. The first-order valence-electron chi connectivity index (χ1n) is 7.23. The van der Waals surface area contributed by atoms with Crippen molar-refractivity contribution >= 4 is 47.0 Å². The van der Waals surface area contributed by atoms with Gasteiger partial charge in [0.15, 0.2) is 0 Å². The summed E-state index contributed by atoms with van der Waals surface area (Å²) in [4.78, 5) is 12.7. The van der Waals surface area contributed by atoms with E-state index in [-0.39, 0.29) is 38.5 Å². The Balaban J connectivity index is 0. The molecule has 1 amide bonds. The van der Waals surface area contributed by atoms with Crippen LogP contribution in [0.25, 0.3) is 0 Å². The van der Waals surface area contributed by atoms with E-state index in [9.17, 15) is 4.79 Å². The largest absolute Gasteiger partial charge is 0.495 e. The average Bonchev–Trinajstić information content (AvgIpc) is 2.55. The van der Waals surface area contributed by atoms with Gasteiger partial charge >= 0.3 is 0 Å². The third-order valence-electron chi connectivity index (χ3n) is 3.63. The number of methoxy groups -OCH3 is 1. The molecule has 0 heterocycles. The Kier molecular flexibility index (Phi) is 6.94. The summed E-state index contributed by atoms with van der Waals surface area (Å²) in [5.74, 6) is -0.145. The highest BCUT2D eigenvalue weighted by molar-refractivity contribution is 14.0. The lowest BCUT2D eigenvalue weighted by Crippen LogP contribution is -2.16. The molecule has 0 bridgehead atoms. The maximum absolute atomic E-state index is 12.7. The van der Waals surface area contributed by atoms with Crippen LogP contribution >= 0.6 is 24.0 Å². The second-order valence-corrected chi connectivity index (χ2v) is 5.33. The third kappa shape index (κ3) is 4.28. The van der Waals surface area contributed by atoms with Crippen molar-refractivity contribution in [3.8, 4) is 11.8 Å². The van der Waals surface area contributed by atoms with E-state index in [1.807, 2.05) is 6.07 Å². The number of nitriles is 1. The number of nitrogen functional groups attached to an aromatic ring is 1. The molecule has 0 aliphatic carbocycles. The zero-order valence-corrected chi connectivity index (χ0v) is 16.5. The maximum atomic E-state index is 12.7. The number of carbonyl (C=O) groups is 1. The average molecular weight is 454 g/mol. The van der Waals surface area contributed by atoms with Crippen molar-refractivity contribution in [3.05, 3.63) is 52.6 Å². The van der Waals surface area contributed by atoms with Crippen LogP contribution in [-0.4, -0.2) is 18.7 Å². The minimum absolute atomic E-state index is 0. The Bertz CT molecular complexity index is 882. The number of halogens is 1. The summed E-state index contributed by atoms with van der Waals surface area (Å²) in [6.45, 7) is 3.40. The molecular formula is C18H23IN4O2. The summed E-state index contributed by atoms with van der Waals surface area (Å²) < 4.78 is 5.25. The number of nitrogens with one attached hydrogen (secondary N) is 2. The van der Waals surface area contributed by atoms with E-state index in [1.54, 1.807) is 44.2 Å². The number of hydrogen-bond donors (Lipinski definition) is 3. The highest BCUT2D eigenvalue weighted by atomic mass is 127. The second kappa shape index (κ2) is 8.48. The molecule has 2 aromatic carbocycles. The van der Waals surface area contributed by atoms with Gasteiger partial charge < -0.3 is 21.2 Å². The number of carbonyl (C=O) groups excluding carboxylic acids is 1. The molecule has 0 atom stereocenters. The predicted molar refractivity (Wildman–Crippen MR) is 113 cm³/mol. The number of nitrogens with two attached hydrogens (primary N) is 1. The lowest BCUT2D eigenvalue weighted by atomic mass is 10.0. The number of rotatable bonds is 4. The van der Waals surface area contributed by atoms with Gasteiger partial charge in [-0.05, 0) is 43.7 Å². The van der Waals surface area contributed by atoms with Crippen LogP contribution in [0.4, 0.5) is 11.4 Å². The maximum Gasteiger partial charge on any atom is 0.259 e. The van der Waals surface area contributed by atoms with E-state index >= 15 is 0 Å². The van der Waals surface area contributed by atoms with Gasteiger partial charge in [-0.2, -0.15) is 5.26 Å². The van der Waals surface area contributed by atoms with Gasteiger partial charge in [0.05, 0.1) is 18.2 Å². The fourth-order valence-corrected chi connectivity index (χ4v) is 2.42. The number of hydrogen-bond acceptors (Lipinski definition) is 5. The van der Waals surface area contributed by atoms with Crippen molar-refractivity contribution in [2.45, 2.75) is 13.8 Å². The molecule has 6 nitrogen and oxygen atoms in total. The summed E-state index contributed by atoms with van der Waals surface area (Å²) in [6.07, 6.45) is 0. The van der Waals surface area contributed by atoms with Gasteiger partial charge in [0, 0.05) is 25.5 Å². The van der Waals surface area contributed by atoms with Crippen LogP contribution in [0.1, 0.15) is 36.8 Å². The lowest BCUT2D eigenvalue weighted by Gasteiger charge is -2.14. The normalized spacial score (nSPS) is 9.52. The van der Waals surface area contributed by atoms with Crippen LogP contribution in [0, 0.1) is 23.7 Å². The molecule has 134 valence electrons. The van der Waals surface area contributed by atoms with Crippen LogP contribution in [0.5, 0.6) is 5.75 Å². The molecule has 0 spiro atoms. The first-order valence-corrected chi connectivity index (χ1v) is 7.23. The van der Waals surface area contributed by atoms with Crippen LogP contribution in [0.2, 0.25) is 0 Å². The summed E-state index contributed by atoms with van der Waals surface area (Å²) in [5.41, 5.74) is 8.98. The van der Waals surface area contributed by atoms with Crippen molar-refractivity contribution in [2.75, 3.05) is 18.2 Å². The monoisotopic (exact) mass is 454 g/mol. The van der Waals surface area contributed by atoms with Crippen molar-refractivity contribution in [2.24, 2.45) is 0 Å². The van der Waals surface area contributed by atoms with E-state index in [0.717, 1.165) is 0 Å². The smallest absolute Gasteiger partial charge is 0.259 e. The van der Waals surface area contributed by atoms with Gasteiger partial charge in [0.1, 0.15) is 11.8 Å². The fourth-order valence-electron chi connectivity index (χ4n) is 2.42. The SMILES string of the molecule is COc1c(C#N)ccc(C)c1C(=O)Nc1ccc(N)c(C(C)=N)c1.I.[HH].[HH]. The number of nitrogens with zero attached hydrogens (tertiary/aromatic N) is 1. The lowest BCUT2D eigenvalue weighted by molar-refractivity contribution is 0.102. The van der Waals surface area contributed by atoms with Gasteiger partial charge in [-0.3, -0.25) is 4.79 Å². The van der Waals surface area contributed by atoms with E-state index in [0.29, 0.717) is 39.3 Å². The first kappa shape index (κ1) is 20.4. The highest BCUT2D eigenvalue weighted by Gasteiger charge is 2.19. The van der Waals surface area contributed by atoms with Crippen molar-refractivity contribution in [3.63, 3.8) is 0 Å². The molecule has 0 aliphatic rings. The van der Waals surface area contributed by atoms with E-state index in [4.69, 9.17) is 21.1 Å². The van der Waals surface area contributed by atoms with E-state index < -0.39 is 0 Å². The molecule has 4 N–H and O–H groups in total. The van der Waals surface area contributed by atoms with Crippen LogP contribution in [0.15, 0.2) is 30.3 Å². The molecule has 0 saturated heterocycles. The summed E-state index contributed by atoms with van der Waals surface area (Å²) in [5, 5.41) is 19.7. The molecule has 0 aromatic heterocycles. The topological polar surface area (TPSA) is 112 Å². The minimum Gasteiger partial charge on any atom is -0.495 e. The molecule has 0 aliphatic heterocycles. The Morgan fingerprint density at radius 1 is 1.36 bits per heavy atom. The Morgan fingerprint density at radius 2 is 2.04 bits per heavy atom. The summed E-state index contributed by atoms with van der Waals surface area (Å²) >= 11 is 0. The summed E-state index contributed by atoms with van der Waals surface area (Å²) in [7, 11) is 1.42. The molecule has 0 saturated carbocycles. The minimum atomic E-state index is -0.389. The first-order chi connectivity index (χ1) is 11.4. The zero-order valence-electron chi connectivity index (χ0n) is 14.1. The van der Waals surface area contributed by atoms with Crippen LogP contribution < -0.4 is 15.8 Å². The van der Waals surface area contributed by atoms with Crippen LogP contribution in [0.3, 0.4) is 0 Å². The van der Waals surface area contributed by atoms with Gasteiger partial charge in [0.25, 0.3) is 5.91 Å². The van der Waals surface area contributed by atoms with Gasteiger partial charge in [-0.1, -0.05) is 6.07 Å². The molecule has 7 heteroatoms. The molecule has 2 aromatic rings. The number of ether oxygens (including phenoxy) is 1. The molecular weight excluding hydrogens is 431 g/mol. The highest BCUT2D eigenvalue weighted by Crippen LogP contribution is 2.28. The fraction of sp³-hybridized carbons (Fsp3) is 0.167. The molecule has 0 radical (unpaired) electrons. The van der Waals surface area contributed by atoms with E-state index in [1.165, 1.54) is 7.11 Å².